The predicted octanol–water partition coefficient (Wildman–Crippen LogP) is 5.64. The Morgan fingerprint density at radius 2 is 1.94 bits per heavy atom. The molecule has 0 aromatic heterocycles. The van der Waals surface area contributed by atoms with Gasteiger partial charge in [0.15, 0.2) is 8.32 Å². The summed E-state index contributed by atoms with van der Waals surface area (Å²) in [7, 11) is 3.43. The van der Waals surface area contributed by atoms with Crippen LogP contribution in [-0.2, 0) is 25.0 Å². The van der Waals surface area contributed by atoms with Gasteiger partial charge < -0.3 is 13.8 Å². The van der Waals surface area contributed by atoms with E-state index in [1.54, 1.807) is 0 Å². The van der Waals surface area contributed by atoms with Gasteiger partial charge in [0.2, 0.25) is 0 Å². The Kier molecular flexibility index (Phi) is 8.83. The summed E-state index contributed by atoms with van der Waals surface area (Å²) in [5.74, 6) is 0.278. The van der Waals surface area contributed by atoms with Gasteiger partial charge in [0, 0.05) is 18.3 Å². The van der Waals surface area contributed by atoms with Crippen molar-refractivity contribution in [1.82, 2.24) is 0 Å². The van der Waals surface area contributed by atoms with Crippen LogP contribution < -0.4 is 0 Å². The van der Waals surface area contributed by atoms with E-state index in [2.05, 4.69) is 94.6 Å². The van der Waals surface area contributed by atoms with Crippen LogP contribution in [0.25, 0.3) is 0 Å². The van der Waals surface area contributed by atoms with Crippen molar-refractivity contribution in [3.05, 3.63) is 48.0 Å². The number of hydrogen-bond donors (Lipinski definition) is 0. The molecule has 1 aromatic carbocycles. The van der Waals surface area contributed by atoms with E-state index in [9.17, 15) is 4.79 Å². The molecule has 0 spiro atoms. The van der Waals surface area contributed by atoms with Crippen LogP contribution in [0.3, 0.4) is 0 Å². The monoisotopic (exact) mass is 492 g/mol. The quantitative estimate of drug-likeness (QED) is 0.194. The molecule has 1 saturated heterocycles. The molecular formula is C24H39BO4P2Si. The molecule has 2 fully saturated rings. The summed E-state index contributed by atoms with van der Waals surface area (Å²) in [6.45, 7) is 11.5. The highest BCUT2D eigenvalue weighted by Gasteiger charge is 2.49. The maximum atomic E-state index is 11.9. The maximum absolute atomic E-state index is 11.9. The molecule has 0 N–H and O–H groups in total. The second-order valence-electron chi connectivity index (χ2n) is 10.7. The van der Waals surface area contributed by atoms with Crippen LogP contribution in [0, 0.1) is 11.8 Å². The number of fused-ring (bicyclic) bond motifs is 1. The molecule has 0 bridgehead atoms. The third-order valence-electron chi connectivity index (χ3n) is 7.24. The molecule has 1 aromatic rings. The number of hydrogen-bond acceptors (Lipinski definition) is 4. The molecule has 4 nitrogen and oxygen atoms in total. The summed E-state index contributed by atoms with van der Waals surface area (Å²) < 4.78 is 18.6. The van der Waals surface area contributed by atoms with Gasteiger partial charge in [-0.15, -0.1) is 18.2 Å². The Morgan fingerprint density at radius 1 is 1.25 bits per heavy atom. The number of ether oxygens (including phenoxy) is 1. The van der Waals surface area contributed by atoms with E-state index in [4.69, 9.17) is 13.8 Å². The van der Waals surface area contributed by atoms with Gasteiger partial charge in [0.05, 0.1) is 18.6 Å². The van der Waals surface area contributed by atoms with Crippen molar-refractivity contribution in [2.24, 2.45) is 11.8 Å². The lowest BCUT2D eigenvalue weighted by Gasteiger charge is -2.39. The third kappa shape index (κ3) is 6.76. The standard InChI is InChI=1S/C24H39BO4P2Si/c1-24(2,3)32(4,5)29-18(12-11-17-9-7-6-8-10-17)13-14-19-20-15-23(26)27-21(20)16-22(19)28-25(30)31/h6-10,13-14,18-22H,11-12,15-16,30-31H2,1-5H3/t18-,19+,20+,21-,22+/m0/s1. The fraction of sp³-hybridized carbons (Fsp3) is 0.625. The van der Waals surface area contributed by atoms with E-state index in [0.29, 0.717) is 6.42 Å². The van der Waals surface area contributed by atoms with Crippen LogP contribution >= 0.6 is 18.2 Å². The van der Waals surface area contributed by atoms with Gasteiger partial charge in [-0.3, -0.25) is 4.79 Å². The topological polar surface area (TPSA) is 44.8 Å². The number of carbonyl (C=O) groups excluding carboxylic acids is 1. The zero-order valence-electron chi connectivity index (χ0n) is 20.1. The molecule has 1 aliphatic heterocycles. The summed E-state index contributed by atoms with van der Waals surface area (Å²) >= 11 is 0. The van der Waals surface area contributed by atoms with Crippen LogP contribution in [0.2, 0.25) is 18.1 Å². The molecule has 2 aliphatic rings. The minimum Gasteiger partial charge on any atom is -0.462 e. The lowest BCUT2D eigenvalue weighted by Crippen LogP contribution is -2.43. The zero-order chi connectivity index (χ0) is 23.5. The Morgan fingerprint density at radius 3 is 2.56 bits per heavy atom. The van der Waals surface area contributed by atoms with E-state index >= 15 is 0 Å². The Labute approximate surface area is 200 Å². The SMILES string of the molecule is CC(C)(C)[Si](C)(C)O[C@H](C=C[C@@H]1[C@H]2CC(=O)O[C@H]2C[C@H]1OB(P)P)CCc1ccccc1. The number of aryl methyl sites for hydroxylation is 1. The highest BCUT2D eigenvalue weighted by Crippen LogP contribution is 2.44. The summed E-state index contributed by atoms with van der Waals surface area (Å²) in [4.78, 5) is 11.9. The summed E-state index contributed by atoms with van der Waals surface area (Å²) in [6.07, 6.45) is 7.72. The lowest BCUT2D eigenvalue weighted by atomic mass is 9.91. The molecule has 1 aliphatic carbocycles. The van der Waals surface area contributed by atoms with E-state index in [0.717, 1.165) is 19.3 Å². The van der Waals surface area contributed by atoms with Gasteiger partial charge in [-0.05, 0) is 36.5 Å². The fourth-order valence-corrected chi connectivity index (χ4v) is 6.18. The third-order valence-corrected chi connectivity index (χ3v) is 12.1. The number of benzene rings is 1. The van der Waals surface area contributed by atoms with Crippen LogP contribution in [0.4, 0.5) is 0 Å². The van der Waals surface area contributed by atoms with Crippen LogP contribution in [0.5, 0.6) is 0 Å². The van der Waals surface area contributed by atoms with E-state index in [1.807, 2.05) is 0 Å². The molecule has 1 heterocycles. The first-order valence-corrected chi connectivity index (χ1v) is 16.0. The van der Waals surface area contributed by atoms with Gasteiger partial charge in [-0.2, -0.15) is 0 Å². The molecule has 32 heavy (non-hydrogen) atoms. The van der Waals surface area contributed by atoms with Crippen molar-refractivity contribution in [2.45, 2.75) is 82.9 Å². The average molecular weight is 492 g/mol. The fourth-order valence-electron chi connectivity index (χ4n) is 4.47. The number of carbonyl (C=O) groups is 1. The molecule has 0 radical (unpaired) electrons. The molecule has 3 rings (SSSR count). The van der Waals surface area contributed by atoms with Crippen molar-refractivity contribution >= 4 is 38.9 Å². The Balaban J connectivity index is 1.78. The van der Waals surface area contributed by atoms with Crippen LogP contribution in [0.1, 0.15) is 45.6 Å². The van der Waals surface area contributed by atoms with E-state index in [1.165, 1.54) is 5.56 Å². The molecule has 7 atom stereocenters. The van der Waals surface area contributed by atoms with Gasteiger partial charge in [-0.25, -0.2) is 0 Å². The second-order valence-corrected chi connectivity index (χ2v) is 17.5. The molecular weight excluding hydrogens is 453 g/mol. The van der Waals surface area contributed by atoms with Crippen molar-refractivity contribution in [3.63, 3.8) is 0 Å². The van der Waals surface area contributed by atoms with Crippen LogP contribution in [-0.4, -0.2) is 39.0 Å². The molecule has 1 saturated carbocycles. The molecule has 0 amide bonds. The molecule has 176 valence electrons. The van der Waals surface area contributed by atoms with Crippen molar-refractivity contribution in [1.29, 1.82) is 0 Å². The van der Waals surface area contributed by atoms with Gasteiger partial charge in [0.1, 0.15) is 6.10 Å². The molecule has 8 heteroatoms. The Hall–Kier alpha value is -0.508. The normalized spacial score (nSPS) is 26.9. The minimum atomic E-state index is -1.93. The summed E-state index contributed by atoms with van der Waals surface area (Å²) in [6, 6.07) is 10.6. The van der Waals surface area contributed by atoms with Gasteiger partial charge in [-0.1, -0.05) is 63.3 Å². The number of rotatable bonds is 9. The predicted molar refractivity (Wildman–Crippen MR) is 142 cm³/mol. The first-order valence-electron chi connectivity index (χ1n) is 11.7. The highest BCUT2D eigenvalue weighted by molar-refractivity contribution is 7.92. The number of esters is 1. The van der Waals surface area contributed by atoms with E-state index in [-0.39, 0.29) is 47.5 Å². The van der Waals surface area contributed by atoms with Crippen molar-refractivity contribution < 1.29 is 18.6 Å². The van der Waals surface area contributed by atoms with E-state index < -0.39 is 8.32 Å². The van der Waals surface area contributed by atoms with Crippen molar-refractivity contribution in [2.75, 3.05) is 0 Å². The average Bonchev–Trinajstić information content (AvgIpc) is 3.19. The van der Waals surface area contributed by atoms with Crippen molar-refractivity contribution in [3.8, 4) is 0 Å². The minimum absolute atomic E-state index is 0.0113. The molecule has 2 unspecified atom stereocenters. The zero-order valence-corrected chi connectivity index (χ0v) is 23.4. The lowest BCUT2D eigenvalue weighted by molar-refractivity contribution is -0.141. The van der Waals surface area contributed by atoms with Gasteiger partial charge in [0.25, 0.3) is 0 Å². The summed E-state index contributed by atoms with van der Waals surface area (Å²) in [5.41, 5.74) is 1.33. The largest absolute Gasteiger partial charge is 0.462 e. The second kappa shape index (κ2) is 10.8. The summed E-state index contributed by atoms with van der Waals surface area (Å²) in [5, 5.41) is 0.147. The first kappa shape index (κ1) is 26.1. The first-order chi connectivity index (χ1) is 15.0. The van der Waals surface area contributed by atoms with Gasteiger partial charge >= 0.3 is 12.3 Å². The van der Waals surface area contributed by atoms with Crippen LogP contribution in [0.15, 0.2) is 42.5 Å². The Bertz CT molecular complexity index is 797. The maximum Gasteiger partial charge on any atom is 0.336 e. The smallest absolute Gasteiger partial charge is 0.336 e. The highest BCUT2D eigenvalue weighted by atomic mass is 31.1.